The van der Waals surface area contributed by atoms with Crippen LogP contribution in [0.3, 0.4) is 0 Å². The van der Waals surface area contributed by atoms with Crippen LogP contribution in [0.5, 0.6) is 11.5 Å². The van der Waals surface area contributed by atoms with Crippen molar-refractivity contribution >= 4 is 16.0 Å². The highest BCUT2D eigenvalue weighted by molar-refractivity contribution is 7.89. The van der Waals surface area contributed by atoms with Crippen LogP contribution < -0.4 is 9.47 Å². The molecular weight excluding hydrogens is 372 g/mol. The zero-order valence-corrected chi connectivity index (χ0v) is 17.0. The van der Waals surface area contributed by atoms with E-state index >= 15 is 0 Å². The van der Waals surface area contributed by atoms with Gasteiger partial charge in [-0.1, -0.05) is 6.92 Å². The number of esters is 1. The summed E-state index contributed by atoms with van der Waals surface area (Å²) in [6, 6.07) is 4.72. The Labute approximate surface area is 161 Å². The van der Waals surface area contributed by atoms with Crippen LogP contribution in [-0.2, 0) is 19.6 Å². The lowest BCUT2D eigenvalue weighted by Crippen LogP contribution is -2.49. The molecular formula is C18H28N2O6S. The molecule has 9 heteroatoms. The van der Waals surface area contributed by atoms with E-state index in [0.29, 0.717) is 51.5 Å². The summed E-state index contributed by atoms with van der Waals surface area (Å²) < 4.78 is 42.9. The number of nitrogens with zero attached hydrogens (tertiary/aromatic N) is 2. The molecule has 0 saturated carbocycles. The van der Waals surface area contributed by atoms with Gasteiger partial charge in [0.25, 0.3) is 0 Å². The second-order valence-corrected chi connectivity index (χ2v) is 8.14. The maximum absolute atomic E-state index is 13.0. The molecule has 0 amide bonds. The van der Waals surface area contributed by atoms with E-state index in [1.165, 1.54) is 24.6 Å². The van der Waals surface area contributed by atoms with Gasteiger partial charge in [0, 0.05) is 38.8 Å². The number of methoxy groups -OCH3 is 2. The third kappa shape index (κ3) is 5.57. The van der Waals surface area contributed by atoms with Crippen LogP contribution in [-0.4, -0.2) is 77.1 Å². The smallest absolute Gasteiger partial charge is 0.307 e. The second-order valence-electron chi connectivity index (χ2n) is 6.23. The molecule has 1 aliphatic heterocycles. The fourth-order valence-corrected chi connectivity index (χ4v) is 4.45. The van der Waals surface area contributed by atoms with Crippen molar-refractivity contribution in [3.63, 3.8) is 0 Å². The molecule has 8 nitrogen and oxygen atoms in total. The summed E-state index contributed by atoms with van der Waals surface area (Å²) in [5.41, 5.74) is 0. The van der Waals surface area contributed by atoms with Gasteiger partial charge in [-0.15, -0.1) is 0 Å². The summed E-state index contributed by atoms with van der Waals surface area (Å²) in [7, 11) is -0.765. The third-order valence-corrected chi connectivity index (χ3v) is 6.34. The number of carbonyl (C=O) groups is 1. The summed E-state index contributed by atoms with van der Waals surface area (Å²) in [5.74, 6) is 0.531. The van der Waals surface area contributed by atoms with Crippen LogP contribution >= 0.6 is 0 Å². The van der Waals surface area contributed by atoms with E-state index in [9.17, 15) is 13.2 Å². The fraction of sp³-hybridized carbons (Fsp3) is 0.611. The first-order valence-electron chi connectivity index (χ1n) is 9.02. The van der Waals surface area contributed by atoms with Crippen molar-refractivity contribution in [1.82, 2.24) is 9.21 Å². The van der Waals surface area contributed by atoms with Crippen molar-refractivity contribution < 1.29 is 27.4 Å². The lowest BCUT2D eigenvalue weighted by Gasteiger charge is -2.34. The van der Waals surface area contributed by atoms with E-state index in [2.05, 4.69) is 4.90 Å². The second kappa shape index (κ2) is 9.91. The Morgan fingerprint density at radius 1 is 1.11 bits per heavy atom. The van der Waals surface area contributed by atoms with Gasteiger partial charge in [0.05, 0.1) is 27.2 Å². The van der Waals surface area contributed by atoms with Crippen molar-refractivity contribution in [1.29, 1.82) is 0 Å². The van der Waals surface area contributed by atoms with E-state index < -0.39 is 10.0 Å². The maximum atomic E-state index is 13.0. The van der Waals surface area contributed by atoms with Crippen molar-refractivity contribution in [2.75, 3.05) is 53.6 Å². The molecule has 27 heavy (non-hydrogen) atoms. The van der Waals surface area contributed by atoms with Gasteiger partial charge in [-0.05, 0) is 18.6 Å². The first-order valence-corrected chi connectivity index (χ1v) is 10.5. The Hall–Kier alpha value is -1.84. The van der Waals surface area contributed by atoms with Gasteiger partial charge in [0.1, 0.15) is 16.4 Å². The normalized spacial score (nSPS) is 16.1. The van der Waals surface area contributed by atoms with Crippen LogP contribution in [0.25, 0.3) is 0 Å². The van der Waals surface area contributed by atoms with E-state index in [-0.39, 0.29) is 16.6 Å². The van der Waals surface area contributed by atoms with Gasteiger partial charge in [0.2, 0.25) is 10.0 Å². The first-order chi connectivity index (χ1) is 12.9. The standard InChI is InChI=1S/C18H28N2O6S/c1-4-13-26-18(21)7-8-19-9-11-20(12-10-19)27(22,23)17-14-15(24-2)5-6-16(17)25-3/h5-6,14H,4,7-13H2,1-3H3. The van der Waals surface area contributed by atoms with Gasteiger partial charge < -0.3 is 19.1 Å². The minimum Gasteiger partial charge on any atom is -0.497 e. The molecule has 1 aromatic carbocycles. The molecule has 152 valence electrons. The number of hydrogen-bond donors (Lipinski definition) is 0. The average molecular weight is 400 g/mol. The minimum atomic E-state index is -3.69. The number of hydrogen-bond acceptors (Lipinski definition) is 7. The van der Waals surface area contributed by atoms with Crippen molar-refractivity contribution in [2.24, 2.45) is 0 Å². The van der Waals surface area contributed by atoms with E-state index in [0.717, 1.165) is 6.42 Å². The Bertz CT molecular complexity index is 729. The largest absolute Gasteiger partial charge is 0.497 e. The predicted molar refractivity (Wildman–Crippen MR) is 101 cm³/mol. The lowest BCUT2D eigenvalue weighted by molar-refractivity contribution is -0.144. The van der Waals surface area contributed by atoms with Gasteiger partial charge in [-0.2, -0.15) is 4.31 Å². The summed E-state index contributed by atoms with van der Waals surface area (Å²) in [6.45, 7) is 4.79. The van der Waals surface area contributed by atoms with Crippen LogP contribution in [0.2, 0.25) is 0 Å². The fourth-order valence-electron chi connectivity index (χ4n) is 2.86. The van der Waals surface area contributed by atoms with Gasteiger partial charge in [0.15, 0.2) is 0 Å². The van der Waals surface area contributed by atoms with E-state index in [1.54, 1.807) is 12.1 Å². The molecule has 1 fully saturated rings. The Kier molecular flexibility index (Phi) is 7.88. The lowest BCUT2D eigenvalue weighted by atomic mass is 10.3. The number of benzene rings is 1. The summed E-state index contributed by atoms with van der Waals surface area (Å²) in [5, 5.41) is 0. The number of sulfonamides is 1. The molecule has 0 aliphatic carbocycles. The molecule has 0 radical (unpaired) electrons. The molecule has 1 heterocycles. The van der Waals surface area contributed by atoms with Gasteiger partial charge in [-0.3, -0.25) is 4.79 Å². The summed E-state index contributed by atoms with van der Waals surface area (Å²) in [6.07, 6.45) is 1.12. The number of rotatable bonds is 9. The predicted octanol–water partition coefficient (Wildman–Crippen LogP) is 1.35. The minimum absolute atomic E-state index is 0.0981. The molecule has 0 unspecified atom stereocenters. The van der Waals surface area contributed by atoms with E-state index in [1.807, 2.05) is 6.92 Å². The Balaban J connectivity index is 1.98. The zero-order valence-electron chi connectivity index (χ0n) is 16.1. The van der Waals surface area contributed by atoms with Crippen molar-refractivity contribution in [2.45, 2.75) is 24.7 Å². The molecule has 1 aliphatic rings. The van der Waals surface area contributed by atoms with Crippen LogP contribution in [0.4, 0.5) is 0 Å². The topological polar surface area (TPSA) is 85.4 Å². The van der Waals surface area contributed by atoms with Gasteiger partial charge >= 0.3 is 5.97 Å². The monoisotopic (exact) mass is 400 g/mol. The summed E-state index contributed by atoms with van der Waals surface area (Å²) >= 11 is 0. The molecule has 2 rings (SSSR count). The summed E-state index contributed by atoms with van der Waals surface area (Å²) in [4.78, 5) is 13.8. The maximum Gasteiger partial charge on any atom is 0.307 e. The molecule has 1 saturated heterocycles. The van der Waals surface area contributed by atoms with Gasteiger partial charge in [-0.25, -0.2) is 8.42 Å². The molecule has 0 atom stereocenters. The van der Waals surface area contributed by atoms with Crippen LogP contribution in [0.1, 0.15) is 19.8 Å². The van der Waals surface area contributed by atoms with Crippen LogP contribution in [0.15, 0.2) is 23.1 Å². The molecule has 1 aromatic rings. The highest BCUT2D eigenvalue weighted by atomic mass is 32.2. The first kappa shape index (κ1) is 21.5. The molecule has 0 N–H and O–H groups in total. The number of ether oxygens (including phenoxy) is 3. The van der Waals surface area contributed by atoms with E-state index in [4.69, 9.17) is 14.2 Å². The number of carbonyl (C=O) groups excluding carboxylic acids is 1. The molecule has 0 aromatic heterocycles. The number of piperazine rings is 1. The molecule has 0 spiro atoms. The molecule has 0 bridgehead atoms. The van der Waals surface area contributed by atoms with Crippen molar-refractivity contribution in [3.05, 3.63) is 18.2 Å². The van der Waals surface area contributed by atoms with Crippen LogP contribution in [0, 0.1) is 0 Å². The third-order valence-electron chi connectivity index (χ3n) is 4.42. The Morgan fingerprint density at radius 2 is 1.81 bits per heavy atom. The average Bonchev–Trinajstić information content (AvgIpc) is 2.70. The zero-order chi connectivity index (χ0) is 19.9. The highest BCUT2D eigenvalue weighted by Gasteiger charge is 2.31. The van der Waals surface area contributed by atoms with Crippen molar-refractivity contribution in [3.8, 4) is 11.5 Å². The quantitative estimate of drug-likeness (QED) is 0.579. The SMILES string of the molecule is CCCOC(=O)CCN1CCN(S(=O)(=O)c2cc(OC)ccc2OC)CC1. The Morgan fingerprint density at radius 3 is 2.41 bits per heavy atom. The highest BCUT2D eigenvalue weighted by Crippen LogP contribution is 2.31.